The summed E-state index contributed by atoms with van der Waals surface area (Å²) in [6.07, 6.45) is 0. The molecule has 0 saturated carbocycles. The number of hydrogen-bond acceptors (Lipinski definition) is 5. The molecular formula is C5H15As5O5. The molecule has 1 saturated heterocycles. The first-order chi connectivity index (χ1) is 6.97. The molecule has 10 heteroatoms. The van der Waals surface area contributed by atoms with Crippen LogP contribution in [0, 0.1) is 0 Å². The van der Waals surface area contributed by atoms with Gasteiger partial charge in [0, 0.05) is 0 Å². The van der Waals surface area contributed by atoms with Crippen molar-refractivity contribution in [1.29, 1.82) is 0 Å². The van der Waals surface area contributed by atoms with E-state index in [2.05, 4.69) is 28.6 Å². The summed E-state index contributed by atoms with van der Waals surface area (Å²) in [6.45, 7) is 0. The molecule has 1 aliphatic rings. The first-order valence-corrected chi connectivity index (χ1v) is 21.1. The van der Waals surface area contributed by atoms with Crippen molar-refractivity contribution in [2.45, 2.75) is 28.6 Å². The fraction of sp³-hybridized carbons (Fsp3) is 1.00. The van der Waals surface area contributed by atoms with E-state index in [1.54, 1.807) is 0 Å². The van der Waals surface area contributed by atoms with Gasteiger partial charge in [-0.15, -0.1) is 0 Å². The molecule has 0 unspecified atom stereocenters. The molecule has 0 amide bonds. The van der Waals surface area contributed by atoms with Crippen LogP contribution in [-0.4, -0.2) is 76.7 Å². The Kier molecular flexibility index (Phi) is 8.25. The average Bonchev–Trinajstić information content (AvgIpc) is 1.98. The van der Waals surface area contributed by atoms with Gasteiger partial charge in [0.1, 0.15) is 0 Å². The van der Waals surface area contributed by atoms with E-state index >= 15 is 0 Å². The summed E-state index contributed by atoms with van der Waals surface area (Å²) in [5.41, 5.74) is 10.3. The van der Waals surface area contributed by atoms with Gasteiger partial charge in [-0.25, -0.2) is 0 Å². The van der Waals surface area contributed by atoms with E-state index < -0.39 is 76.7 Å². The van der Waals surface area contributed by atoms with E-state index in [4.69, 9.17) is 13.6 Å². The van der Waals surface area contributed by atoms with Crippen LogP contribution in [0.4, 0.5) is 0 Å². The summed E-state index contributed by atoms with van der Waals surface area (Å²) in [5.74, 6) is 0. The molecule has 15 heavy (non-hydrogen) atoms. The van der Waals surface area contributed by atoms with Crippen molar-refractivity contribution in [3.8, 4) is 0 Å². The van der Waals surface area contributed by atoms with Crippen molar-refractivity contribution in [2.75, 3.05) is 0 Å². The van der Waals surface area contributed by atoms with E-state index in [0.29, 0.717) is 0 Å². The minimum atomic E-state index is -1.58. The molecule has 0 radical (unpaired) electrons. The van der Waals surface area contributed by atoms with Crippen molar-refractivity contribution in [1.82, 2.24) is 0 Å². The van der Waals surface area contributed by atoms with Crippen LogP contribution in [0.5, 0.6) is 0 Å². The Bertz CT molecular complexity index is 140. The van der Waals surface area contributed by atoms with Gasteiger partial charge < -0.3 is 0 Å². The molecule has 0 bridgehead atoms. The second-order valence-electron chi connectivity index (χ2n) is 2.61. The van der Waals surface area contributed by atoms with Crippen molar-refractivity contribution < 1.29 is 13.6 Å². The molecular weight excluding hydrogens is 515 g/mol. The van der Waals surface area contributed by atoms with Crippen LogP contribution < -0.4 is 0 Å². The fourth-order valence-electron chi connectivity index (χ4n) is 0.884. The molecule has 5 nitrogen and oxygen atoms in total. The van der Waals surface area contributed by atoms with E-state index in [-0.39, 0.29) is 0 Å². The van der Waals surface area contributed by atoms with Crippen LogP contribution in [0.15, 0.2) is 0 Å². The molecule has 0 spiro atoms. The van der Waals surface area contributed by atoms with E-state index in [9.17, 15) is 0 Å². The molecule has 0 aromatic heterocycles. The summed E-state index contributed by atoms with van der Waals surface area (Å²) < 4.78 is 28.9. The molecule has 0 atom stereocenters. The SMILES string of the molecule is C[As]1O[As](C)O[As](C)O[As](C)O[As](C)O1. The molecule has 0 N–H and O–H groups in total. The third-order valence-electron chi connectivity index (χ3n) is 1.15. The summed E-state index contributed by atoms with van der Waals surface area (Å²) in [4.78, 5) is 0. The number of hydrogen-bond donors (Lipinski definition) is 0. The standard InChI is InChI=1S/C5H15As5O5/c1-6-11-7(2)13-9(4)15-10(5)14-8(3)12-6/h1-5H3. The Hall–Kier alpha value is 2.59. The third-order valence-corrected chi connectivity index (χ3v) is 31.0. The van der Waals surface area contributed by atoms with Gasteiger partial charge in [0.15, 0.2) is 0 Å². The van der Waals surface area contributed by atoms with Gasteiger partial charge >= 0.3 is 119 Å². The van der Waals surface area contributed by atoms with Crippen molar-refractivity contribution >= 4 is 76.7 Å². The van der Waals surface area contributed by atoms with Crippen LogP contribution in [0.2, 0.25) is 28.6 Å². The molecule has 1 fully saturated rings. The topological polar surface area (TPSA) is 46.2 Å². The Morgan fingerprint density at radius 2 is 0.533 bits per heavy atom. The summed E-state index contributed by atoms with van der Waals surface area (Å²) >= 11 is -7.92. The van der Waals surface area contributed by atoms with Gasteiger partial charge in [0.2, 0.25) is 0 Å². The van der Waals surface area contributed by atoms with Crippen LogP contribution in [0.3, 0.4) is 0 Å². The van der Waals surface area contributed by atoms with Crippen molar-refractivity contribution in [3.05, 3.63) is 0 Å². The second kappa shape index (κ2) is 7.90. The van der Waals surface area contributed by atoms with Gasteiger partial charge in [-0.2, -0.15) is 0 Å². The first kappa shape index (κ1) is 15.6. The molecule has 90 valence electrons. The Labute approximate surface area is 117 Å². The van der Waals surface area contributed by atoms with E-state index in [1.165, 1.54) is 0 Å². The van der Waals surface area contributed by atoms with Gasteiger partial charge in [-0.3, -0.25) is 0 Å². The molecule has 1 aliphatic heterocycles. The average molecular weight is 530 g/mol. The monoisotopic (exact) mass is 530 g/mol. The summed E-state index contributed by atoms with van der Waals surface area (Å²) in [7, 11) is 0. The molecule has 0 aromatic carbocycles. The molecule has 1 rings (SSSR count). The second-order valence-corrected chi connectivity index (χ2v) is 22.4. The quantitative estimate of drug-likeness (QED) is 0.432. The normalized spacial score (nSPS) is 45.0. The summed E-state index contributed by atoms with van der Waals surface area (Å²) in [6, 6.07) is 0. The van der Waals surface area contributed by atoms with Gasteiger partial charge in [-0.1, -0.05) is 0 Å². The minimum absolute atomic E-state index is 1.58. The van der Waals surface area contributed by atoms with Crippen molar-refractivity contribution in [3.63, 3.8) is 0 Å². The Balaban J connectivity index is 2.55. The number of rotatable bonds is 0. The maximum absolute atomic E-state index is 5.78. The third kappa shape index (κ3) is 6.92. The van der Waals surface area contributed by atoms with Crippen LogP contribution >= 0.6 is 0 Å². The first-order valence-electron chi connectivity index (χ1n) is 4.06. The zero-order chi connectivity index (χ0) is 11.4. The van der Waals surface area contributed by atoms with Crippen LogP contribution in [0.25, 0.3) is 0 Å². The van der Waals surface area contributed by atoms with Crippen molar-refractivity contribution in [2.24, 2.45) is 0 Å². The Morgan fingerprint density at radius 3 is 0.667 bits per heavy atom. The van der Waals surface area contributed by atoms with E-state index in [0.717, 1.165) is 0 Å². The van der Waals surface area contributed by atoms with Gasteiger partial charge in [0.25, 0.3) is 0 Å². The predicted octanol–water partition coefficient (Wildman–Crippen LogP) is 0.673. The molecule has 0 aliphatic carbocycles. The molecule has 0 aromatic rings. The van der Waals surface area contributed by atoms with Crippen LogP contribution in [-0.2, 0) is 13.6 Å². The fourth-order valence-corrected chi connectivity index (χ4v) is 32.3. The zero-order valence-corrected chi connectivity index (χ0v) is 18.7. The van der Waals surface area contributed by atoms with Crippen LogP contribution in [0.1, 0.15) is 0 Å². The molecule has 1 heterocycles. The van der Waals surface area contributed by atoms with Gasteiger partial charge in [0.05, 0.1) is 0 Å². The maximum atomic E-state index is 5.78. The summed E-state index contributed by atoms with van der Waals surface area (Å²) in [5, 5.41) is 0. The van der Waals surface area contributed by atoms with E-state index in [1.807, 2.05) is 0 Å². The zero-order valence-electron chi connectivity index (χ0n) is 9.28. The predicted molar refractivity (Wildman–Crippen MR) is 63.5 cm³/mol. The Morgan fingerprint density at radius 1 is 0.400 bits per heavy atom. The van der Waals surface area contributed by atoms with Gasteiger partial charge in [-0.05, 0) is 0 Å².